The smallest absolute Gasteiger partial charge is 0.268 e. The fraction of sp³-hybridized carbons (Fsp3) is 0.883. The van der Waals surface area contributed by atoms with Crippen LogP contribution in [0.3, 0.4) is 0 Å². The number of unbranched alkanes of at least 4 members (excludes halogenated alkanes) is 38. The Hall–Kier alpha value is -1.28. The van der Waals surface area contributed by atoms with Gasteiger partial charge in [0, 0.05) is 6.42 Å². The van der Waals surface area contributed by atoms with Crippen LogP contribution >= 0.6 is 7.82 Å². The van der Waals surface area contributed by atoms with E-state index in [1.807, 2.05) is 27.2 Å². The Kier molecular flexibility index (Phi) is 50.7. The van der Waals surface area contributed by atoms with Gasteiger partial charge in [-0.25, -0.2) is 0 Å². The number of amides is 1. The third-order valence-corrected chi connectivity index (χ3v) is 14.5. The van der Waals surface area contributed by atoms with Gasteiger partial charge in [0.2, 0.25) is 5.91 Å². The molecule has 2 N–H and O–H groups in total. The van der Waals surface area contributed by atoms with E-state index in [9.17, 15) is 19.4 Å². The zero-order chi connectivity index (χ0) is 50.6. The topological polar surface area (TPSA) is 108 Å². The molecule has 0 aliphatic rings. The first-order chi connectivity index (χ1) is 33.5. The number of hydrogen-bond donors (Lipinski definition) is 2. The van der Waals surface area contributed by atoms with Crippen molar-refractivity contribution >= 4 is 13.7 Å². The highest BCUT2D eigenvalue weighted by molar-refractivity contribution is 7.45. The number of rotatable bonds is 55. The van der Waals surface area contributed by atoms with Crippen molar-refractivity contribution in [3.63, 3.8) is 0 Å². The number of allylic oxidation sites excluding steroid dienone is 5. The van der Waals surface area contributed by atoms with Gasteiger partial charge in [0.25, 0.3) is 7.82 Å². The van der Waals surface area contributed by atoms with Crippen LogP contribution in [-0.4, -0.2) is 68.5 Å². The lowest BCUT2D eigenvalue weighted by Gasteiger charge is -2.29. The number of phosphoric ester groups is 1. The fourth-order valence-electron chi connectivity index (χ4n) is 8.89. The molecular weight excluding hydrogens is 876 g/mol. The maximum absolute atomic E-state index is 13.0. The third-order valence-electron chi connectivity index (χ3n) is 13.6. The van der Waals surface area contributed by atoms with E-state index in [-0.39, 0.29) is 12.5 Å². The standard InChI is InChI=1S/C60H117N2O6P/c1-6-8-10-12-14-16-18-20-22-24-26-28-29-30-31-32-34-36-38-40-42-44-46-48-50-52-54-60(64)61-58(57-68-69(65,66)67-56-55-62(3,4)5)59(63)53-51-49-47-45-43-41-39-37-35-33-27-25-23-21-19-17-15-13-11-9-7-2/h35,37,43,45,51,53,58-59,63H,6-34,36,38-42,44,46-50,52,54-57H2,1-5H3,(H-,61,64,65,66)/b37-35+,45-43+,53-51+. The van der Waals surface area contributed by atoms with Crippen LogP contribution in [-0.2, 0) is 18.4 Å². The van der Waals surface area contributed by atoms with E-state index in [2.05, 4.69) is 43.5 Å². The van der Waals surface area contributed by atoms with Gasteiger partial charge in [-0.15, -0.1) is 0 Å². The molecule has 0 aromatic heterocycles. The second-order valence-electron chi connectivity index (χ2n) is 21.7. The summed E-state index contributed by atoms with van der Waals surface area (Å²) in [6.45, 7) is 4.66. The first-order valence-corrected chi connectivity index (χ1v) is 31.3. The maximum atomic E-state index is 13.0. The Morgan fingerprint density at radius 1 is 0.493 bits per heavy atom. The lowest BCUT2D eigenvalue weighted by Crippen LogP contribution is -2.45. The first-order valence-electron chi connectivity index (χ1n) is 29.9. The van der Waals surface area contributed by atoms with E-state index >= 15 is 0 Å². The summed E-state index contributed by atoms with van der Waals surface area (Å²) in [7, 11) is 1.25. The summed E-state index contributed by atoms with van der Waals surface area (Å²) in [5, 5.41) is 13.9. The number of carbonyl (C=O) groups is 1. The summed E-state index contributed by atoms with van der Waals surface area (Å²) in [5.41, 5.74) is 0. The average Bonchev–Trinajstić information content (AvgIpc) is 3.31. The largest absolute Gasteiger partial charge is 0.756 e. The van der Waals surface area contributed by atoms with Crippen LogP contribution in [0.5, 0.6) is 0 Å². The van der Waals surface area contributed by atoms with Gasteiger partial charge in [0.15, 0.2) is 0 Å². The van der Waals surface area contributed by atoms with E-state index in [1.165, 1.54) is 225 Å². The van der Waals surface area contributed by atoms with Crippen molar-refractivity contribution in [3.05, 3.63) is 36.5 Å². The van der Waals surface area contributed by atoms with E-state index in [1.54, 1.807) is 6.08 Å². The number of likely N-dealkylation sites (N-methyl/N-ethyl adjacent to an activating group) is 1. The molecule has 0 aliphatic heterocycles. The van der Waals surface area contributed by atoms with E-state index < -0.39 is 26.6 Å². The second kappa shape index (κ2) is 51.6. The van der Waals surface area contributed by atoms with Gasteiger partial charge in [-0.05, 0) is 44.9 Å². The molecule has 69 heavy (non-hydrogen) atoms. The SMILES string of the molecule is CCCCCCCCCCCCC/C=C/CC/C=C/CC/C=C/C(O)C(COP(=O)([O-])OCC[N+](C)(C)C)NC(=O)CCCCCCCCCCCCCCCCCCCCCCCCCCCC. The fourth-order valence-corrected chi connectivity index (χ4v) is 9.62. The highest BCUT2D eigenvalue weighted by Gasteiger charge is 2.23. The van der Waals surface area contributed by atoms with Crippen LogP contribution < -0.4 is 10.2 Å². The molecule has 0 saturated carbocycles. The molecule has 0 radical (unpaired) electrons. The molecule has 1 amide bonds. The monoisotopic (exact) mass is 993 g/mol. The lowest BCUT2D eigenvalue weighted by molar-refractivity contribution is -0.870. The summed E-state index contributed by atoms with van der Waals surface area (Å²) in [6.07, 6.45) is 66.6. The average molecular weight is 994 g/mol. The molecule has 3 atom stereocenters. The number of nitrogens with zero attached hydrogens (tertiary/aromatic N) is 1. The van der Waals surface area contributed by atoms with Crippen molar-refractivity contribution in [1.29, 1.82) is 0 Å². The van der Waals surface area contributed by atoms with Gasteiger partial charge in [0.05, 0.1) is 39.9 Å². The van der Waals surface area contributed by atoms with E-state index in [0.29, 0.717) is 17.4 Å². The minimum Gasteiger partial charge on any atom is -0.756 e. The summed E-state index contributed by atoms with van der Waals surface area (Å²) in [4.78, 5) is 25.5. The molecular formula is C60H117N2O6P. The molecule has 0 fully saturated rings. The first kappa shape index (κ1) is 67.7. The summed E-state index contributed by atoms with van der Waals surface area (Å²) in [6, 6.07) is -0.908. The van der Waals surface area contributed by atoms with E-state index in [4.69, 9.17) is 9.05 Å². The Labute approximate surface area is 429 Å². The van der Waals surface area contributed by atoms with Crippen molar-refractivity contribution in [2.45, 2.75) is 302 Å². The third kappa shape index (κ3) is 54.3. The number of carbonyl (C=O) groups excluding carboxylic acids is 1. The van der Waals surface area contributed by atoms with Gasteiger partial charge in [-0.1, -0.05) is 275 Å². The molecule has 0 saturated heterocycles. The van der Waals surface area contributed by atoms with Crippen LogP contribution in [0.25, 0.3) is 0 Å². The Morgan fingerprint density at radius 2 is 0.812 bits per heavy atom. The van der Waals surface area contributed by atoms with Crippen molar-refractivity contribution in [2.24, 2.45) is 0 Å². The maximum Gasteiger partial charge on any atom is 0.268 e. The molecule has 0 aromatic carbocycles. The van der Waals surface area contributed by atoms with Crippen molar-refractivity contribution < 1.29 is 32.9 Å². The predicted octanol–water partition coefficient (Wildman–Crippen LogP) is 17.5. The van der Waals surface area contributed by atoms with Crippen molar-refractivity contribution in [2.75, 3.05) is 40.9 Å². The van der Waals surface area contributed by atoms with E-state index in [0.717, 1.165) is 44.9 Å². The van der Waals surface area contributed by atoms with Crippen molar-refractivity contribution in [3.8, 4) is 0 Å². The highest BCUT2D eigenvalue weighted by Crippen LogP contribution is 2.38. The number of aliphatic hydroxyl groups excluding tert-OH is 1. The summed E-state index contributed by atoms with van der Waals surface area (Å²) >= 11 is 0. The van der Waals surface area contributed by atoms with Gasteiger partial charge in [-0.3, -0.25) is 9.36 Å². The van der Waals surface area contributed by atoms with Crippen LogP contribution in [0.4, 0.5) is 0 Å². The minimum absolute atomic E-state index is 0.00733. The molecule has 9 heteroatoms. The Bertz CT molecular complexity index is 1220. The zero-order valence-corrected chi connectivity index (χ0v) is 47.4. The molecule has 0 bridgehead atoms. The zero-order valence-electron chi connectivity index (χ0n) is 46.5. The van der Waals surface area contributed by atoms with Gasteiger partial charge in [0.1, 0.15) is 13.2 Å². The Balaban J connectivity index is 4.21. The number of quaternary nitrogens is 1. The van der Waals surface area contributed by atoms with Crippen molar-refractivity contribution in [1.82, 2.24) is 5.32 Å². The minimum atomic E-state index is -4.61. The lowest BCUT2D eigenvalue weighted by atomic mass is 10.0. The number of aliphatic hydroxyl groups is 1. The molecule has 408 valence electrons. The molecule has 3 unspecified atom stereocenters. The molecule has 0 spiro atoms. The molecule has 0 heterocycles. The molecule has 0 rings (SSSR count). The highest BCUT2D eigenvalue weighted by atomic mass is 31.2. The molecule has 0 aliphatic carbocycles. The quantitative estimate of drug-likeness (QED) is 0.0272. The number of nitrogens with one attached hydrogen (secondary N) is 1. The number of phosphoric acid groups is 1. The number of hydrogen-bond acceptors (Lipinski definition) is 6. The normalized spacial score (nSPS) is 14.1. The summed E-state index contributed by atoms with van der Waals surface area (Å²) in [5.74, 6) is -0.206. The van der Waals surface area contributed by atoms with Crippen LogP contribution in [0, 0.1) is 0 Å². The van der Waals surface area contributed by atoms with Gasteiger partial charge in [-0.2, -0.15) is 0 Å². The summed E-state index contributed by atoms with van der Waals surface area (Å²) < 4.78 is 23.3. The van der Waals surface area contributed by atoms with Crippen LogP contribution in [0.2, 0.25) is 0 Å². The second-order valence-corrected chi connectivity index (χ2v) is 23.1. The molecule has 0 aromatic rings. The van der Waals surface area contributed by atoms with Gasteiger partial charge >= 0.3 is 0 Å². The van der Waals surface area contributed by atoms with Gasteiger partial charge < -0.3 is 28.8 Å². The molecule has 8 nitrogen and oxygen atoms in total. The van der Waals surface area contributed by atoms with Crippen LogP contribution in [0.1, 0.15) is 290 Å². The van der Waals surface area contributed by atoms with Crippen LogP contribution in [0.15, 0.2) is 36.5 Å². The Morgan fingerprint density at radius 3 is 1.17 bits per heavy atom. The predicted molar refractivity (Wildman–Crippen MR) is 298 cm³/mol.